The van der Waals surface area contributed by atoms with E-state index in [2.05, 4.69) is 0 Å². The second kappa shape index (κ2) is 9.61. The Hall–Kier alpha value is -3.51. The molecule has 6 nitrogen and oxygen atoms in total. The fourth-order valence-corrected chi connectivity index (χ4v) is 2.67. The first-order chi connectivity index (χ1) is 14.0. The first-order valence-electron chi connectivity index (χ1n) is 8.69. The third-order valence-electron chi connectivity index (χ3n) is 3.83. The first-order valence-corrected chi connectivity index (χ1v) is 9.07. The van der Waals surface area contributed by atoms with Gasteiger partial charge >= 0.3 is 11.9 Å². The minimum atomic E-state index is -1.25. The van der Waals surface area contributed by atoms with Crippen LogP contribution in [0.15, 0.2) is 72.8 Å². The fourth-order valence-electron chi connectivity index (χ4n) is 2.50. The van der Waals surface area contributed by atoms with Crippen molar-refractivity contribution in [3.8, 4) is 17.2 Å². The van der Waals surface area contributed by atoms with Crippen LogP contribution in [-0.4, -0.2) is 30.3 Å². The van der Waals surface area contributed by atoms with Gasteiger partial charge in [0.2, 0.25) is 0 Å². The van der Waals surface area contributed by atoms with Gasteiger partial charge in [0.1, 0.15) is 41.6 Å². The highest BCUT2D eigenvalue weighted by molar-refractivity contribution is 6.31. The molecule has 0 aliphatic rings. The van der Waals surface area contributed by atoms with E-state index in [-0.39, 0.29) is 35.1 Å². The van der Waals surface area contributed by atoms with E-state index < -0.39 is 11.9 Å². The van der Waals surface area contributed by atoms with E-state index in [1.165, 1.54) is 24.3 Å². The molecule has 0 saturated carbocycles. The molecule has 148 valence electrons. The Morgan fingerprint density at radius 1 is 0.793 bits per heavy atom. The molecule has 3 rings (SSSR count). The minimum Gasteiger partial charge on any atom is -0.490 e. The summed E-state index contributed by atoms with van der Waals surface area (Å²) in [6.07, 6.45) is 0. The third kappa shape index (κ3) is 5.49. The molecule has 3 aromatic rings. The topological polar surface area (TPSA) is 82.1 Å². The summed E-state index contributed by atoms with van der Waals surface area (Å²) in [4.78, 5) is 24.0. The molecular weight excluding hydrogens is 396 g/mol. The maximum absolute atomic E-state index is 12.6. The van der Waals surface area contributed by atoms with Gasteiger partial charge in [0, 0.05) is 5.02 Å². The van der Waals surface area contributed by atoms with Crippen molar-refractivity contribution in [2.75, 3.05) is 13.2 Å². The number of ether oxygens (including phenoxy) is 3. The van der Waals surface area contributed by atoms with Gasteiger partial charge in [0.15, 0.2) is 0 Å². The van der Waals surface area contributed by atoms with Gasteiger partial charge in [-0.1, -0.05) is 41.9 Å². The molecule has 0 aliphatic heterocycles. The van der Waals surface area contributed by atoms with Crippen LogP contribution in [-0.2, 0) is 0 Å². The van der Waals surface area contributed by atoms with Crippen LogP contribution in [0.5, 0.6) is 17.2 Å². The number of carbonyl (C=O) groups is 2. The van der Waals surface area contributed by atoms with Crippen LogP contribution in [0, 0.1) is 0 Å². The Morgan fingerprint density at radius 2 is 1.48 bits per heavy atom. The lowest BCUT2D eigenvalue weighted by atomic mass is 10.2. The standard InChI is InChI=1S/C22H17ClO6/c23-15-10-11-20(18(14-15)21(24)25)29-22(26)17-8-4-5-9-19(17)28-13-12-27-16-6-2-1-3-7-16/h1-11,14H,12-13H2,(H,24,25). The molecule has 0 aliphatic carbocycles. The number of hydrogen-bond acceptors (Lipinski definition) is 5. The van der Waals surface area contributed by atoms with Gasteiger partial charge in [0.25, 0.3) is 0 Å². The lowest BCUT2D eigenvalue weighted by Crippen LogP contribution is -2.15. The van der Waals surface area contributed by atoms with Crippen LogP contribution in [0.1, 0.15) is 20.7 Å². The predicted octanol–water partition coefficient (Wildman–Crippen LogP) is 4.72. The molecule has 0 radical (unpaired) electrons. The normalized spacial score (nSPS) is 10.2. The number of carbonyl (C=O) groups excluding carboxylic acids is 1. The number of benzene rings is 3. The van der Waals surface area contributed by atoms with E-state index in [1.807, 2.05) is 30.3 Å². The summed E-state index contributed by atoms with van der Waals surface area (Å²) in [6, 6.07) is 19.8. The minimum absolute atomic E-state index is 0.103. The molecule has 3 aromatic carbocycles. The molecular formula is C22H17ClO6. The van der Waals surface area contributed by atoms with Crippen molar-refractivity contribution in [2.24, 2.45) is 0 Å². The summed E-state index contributed by atoms with van der Waals surface area (Å²) in [5.41, 5.74) is -0.0426. The third-order valence-corrected chi connectivity index (χ3v) is 4.07. The second-order valence-electron chi connectivity index (χ2n) is 5.84. The Bertz CT molecular complexity index is 1000. The van der Waals surface area contributed by atoms with E-state index in [0.29, 0.717) is 11.5 Å². The van der Waals surface area contributed by atoms with Crippen molar-refractivity contribution < 1.29 is 28.9 Å². The highest BCUT2D eigenvalue weighted by Crippen LogP contribution is 2.26. The number of halogens is 1. The van der Waals surface area contributed by atoms with Crippen LogP contribution in [0.2, 0.25) is 5.02 Å². The lowest BCUT2D eigenvalue weighted by molar-refractivity contribution is 0.0680. The summed E-state index contributed by atoms with van der Waals surface area (Å²) in [5.74, 6) is -1.07. The molecule has 1 N–H and O–H groups in total. The highest BCUT2D eigenvalue weighted by atomic mass is 35.5. The molecule has 0 spiro atoms. The molecule has 0 amide bonds. The molecule has 0 aromatic heterocycles. The van der Waals surface area contributed by atoms with Gasteiger partial charge in [-0.3, -0.25) is 0 Å². The Morgan fingerprint density at radius 3 is 2.24 bits per heavy atom. The zero-order chi connectivity index (χ0) is 20.6. The van der Waals surface area contributed by atoms with Crippen molar-refractivity contribution in [1.29, 1.82) is 0 Å². The van der Waals surface area contributed by atoms with Gasteiger partial charge in [-0.15, -0.1) is 0 Å². The quantitative estimate of drug-likeness (QED) is 0.327. The number of aromatic carboxylic acids is 1. The van der Waals surface area contributed by atoms with Gasteiger partial charge in [-0.25, -0.2) is 9.59 Å². The number of hydrogen-bond donors (Lipinski definition) is 1. The van der Waals surface area contributed by atoms with Gasteiger partial charge < -0.3 is 19.3 Å². The van der Waals surface area contributed by atoms with Crippen LogP contribution < -0.4 is 14.2 Å². The largest absolute Gasteiger partial charge is 0.490 e. The van der Waals surface area contributed by atoms with Crippen molar-refractivity contribution in [3.05, 3.63) is 88.9 Å². The van der Waals surface area contributed by atoms with Crippen molar-refractivity contribution >= 4 is 23.5 Å². The average Bonchev–Trinajstić information content (AvgIpc) is 2.73. The van der Waals surface area contributed by atoms with Gasteiger partial charge in [0.05, 0.1) is 0 Å². The second-order valence-corrected chi connectivity index (χ2v) is 6.28. The van der Waals surface area contributed by atoms with Gasteiger partial charge in [-0.05, 0) is 42.5 Å². The molecule has 0 heterocycles. The monoisotopic (exact) mass is 412 g/mol. The molecule has 0 atom stereocenters. The van der Waals surface area contributed by atoms with E-state index in [0.717, 1.165) is 0 Å². The summed E-state index contributed by atoms with van der Waals surface area (Å²) in [6.45, 7) is 0.494. The Balaban J connectivity index is 1.67. The molecule has 0 saturated heterocycles. The fraction of sp³-hybridized carbons (Fsp3) is 0.0909. The summed E-state index contributed by atoms with van der Waals surface area (Å²) < 4.78 is 16.5. The highest BCUT2D eigenvalue weighted by Gasteiger charge is 2.19. The maximum atomic E-state index is 12.6. The number of carboxylic acid groups (broad SMARTS) is 1. The lowest BCUT2D eigenvalue weighted by Gasteiger charge is -2.12. The molecule has 0 fully saturated rings. The van der Waals surface area contributed by atoms with Crippen LogP contribution in [0.3, 0.4) is 0 Å². The van der Waals surface area contributed by atoms with Gasteiger partial charge in [-0.2, -0.15) is 0 Å². The van der Waals surface area contributed by atoms with Crippen LogP contribution in [0.4, 0.5) is 0 Å². The van der Waals surface area contributed by atoms with Crippen molar-refractivity contribution in [2.45, 2.75) is 0 Å². The molecule has 0 unspecified atom stereocenters. The van der Waals surface area contributed by atoms with E-state index in [4.69, 9.17) is 25.8 Å². The smallest absolute Gasteiger partial charge is 0.347 e. The van der Waals surface area contributed by atoms with E-state index in [1.54, 1.807) is 18.2 Å². The maximum Gasteiger partial charge on any atom is 0.347 e. The van der Waals surface area contributed by atoms with Crippen LogP contribution >= 0.6 is 11.6 Å². The molecule has 29 heavy (non-hydrogen) atoms. The summed E-state index contributed by atoms with van der Waals surface area (Å²) >= 11 is 5.82. The first kappa shape index (κ1) is 20.2. The number of rotatable bonds is 8. The SMILES string of the molecule is O=C(O)c1cc(Cl)ccc1OC(=O)c1ccccc1OCCOc1ccccc1. The zero-order valence-corrected chi connectivity index (χ0v) is 16.0. The van der Waals surface area contributed by atoms with Crippen LogP contribution in [0.25, 0.3) is 0 Å². The van der Waals surface area contributed by atoms with E-state index >= 15 is 0 Å². The number of carboxylic acids is 1. The Kier molecular flexibility index (Phi) is 6.71. The summed E-state index contributed by atoms with van der Waals surface area (Å²) in [5, 5.41) is 9.50. The number of para-hydroxylation sites is 2. The molecule has 7 heteroatoms. The molecule has 0 bridgehead atoms. The van der Waals surface area contributed by atoms with Crippen molar-refractivity contribution in [1.82, 2.24) is 0 Å². The Labute approximate surface area is 172 Å². The van der Waals surface area contributed by atoms with E-state index in [9.17, 15) is 14.7 Å². The zero-order valence-electron chi connectivity index (χ0n) is 15.2. The summed E-state index contributed by atoms with van der Waals surface area (Å²) in [7, 11) is 0. The average molecular weight is 413 g/mol. The van der Waals surface area contributed by atoms with Crippen molar-refractivity contribution in [3.63, 3.8) is 0 Å². The number of esters is 1. The predicted molar refractivity (Wildman–Crippen MR) is 107 cm³/mol.